The average molecular weight is 881 g/mol. The van der Waals surface area contributed by atoms with Crippen molar-refractivity contribution in [2.24, 2.45) is 0 Å². The molecular formula is C66H44N2O. The lowest BCUT2D eigenvalue weighted by atomic mass is 9.81. The van der Waals surface area contributed by atoms with Crippen LogP contribution >= 0.6 is 0 Å². The van der Waals surface area contributed by atoms with Crippen molar-refractivity contribution >= 4 is 82.0 Å². The number of nitrogens with zero attached hydrogens (tertiary/aromatic N) is 2. The highest BCUT2D eigenvalue weighted by Gasteiger charge is 2.26. The Morgan fingerprint density at radius 1 is 0.406 bits per heavy atom. The fourth-order valence-electron chi connectivity index (χ4n) is 12.4. The summed E-state index contributed by atoms with van der Waals surface area (Å²) >= 11 is 0. The highest BCUT2D eigenvalue weighted by atomic mass is 16.5. The maximum atomic E-state index is 6.96. The lowest BCUT2D eigenvalue weighted by Gasteiger charge is -2.26. The van der Waals surface area contributed by atoms with Gasteiger partial charge in [-0.2, -0.15) is 0 Å². The van der Waals surface area contributed by atoms with Crippen LogP contribution in [0.15, 0.2) is 212 Å². The predicted molar refractivity (Wildman–Crippen MR) is 289 cm³/mol. The van der Waals surface area contributed by atoms with Crippen molar-refractivity contribution in [2.45, 2.75) is 25.8 Å². The third-order valence-electron chi connectivity index (χ3n) is 15.3. The van der Waals surface area contributed by atoms with E-state index < -0.39 is 0 Å². The largest absolute Gasteiger partial charge is 0.457 e. The average Bonchev–Trinajstić information content (AvgIpc) is 3.91. The van der Waals surface area contributed by atoms with Crippen molar-refractivity contribution < 1.29 is 4.74 Å². The summed E-state index contributed by atoms with van der Waals surface area (Å²) in [6.07, 6.45) is 7.59. The second-order valence-corrected chi connectivity index (χ2v) is 19.0. The Labute approximate surface area is 399 Å². The molecule has 0 atom stereocenters. The molecule has 0 amide bonds. The second kappa shape index (κ2) is 14.9. The number of aromatic nitrogens is 2. The molecule has 0 fully saturated rings. The number of hydrogen-bond donors (Lipinski definition) is 0. The van der Waals surface area contributed by atoms with Gasteiger partial charge in [-0.05, 0) is 127 Å². The summed E-state index contributed by atoms with van der Waals surface area (Å²) in [5.74, 6) is 1.86. The molecule has 3 nitrogen and oxygen atoms in total. The molecule has 2 aromatic heterocycles. The Bertz CT molecular complexity index is 4190. The van der Waals surface area contributed by atoms with Crippen LogP contribution in [0.25, 0.3) is 110 Å². The standard InChI is InChI=1S/C66H44N2O/c1-3-23-51-45(17-1)57(40-67-58-29-13-9-19-47(58)48-20-10-14-30-59(48)67)46-18-2-4-24-52(46)65(51)43-34-33-41-37-44-38-42(35-36-62(44)69-63(41)39-43)64-53-25-5-7-27-55(53)66(56-28-8-6-26-54(56)64)68-60-31-15-11-21-49(60)50-22-12-16-32-61(50)68/h1,3-17,19-36,38-39H,2,18,37,40H2. The number of allylic oxidation sites excluding steroid dienone is 1. The summed E-state index contributed by atoms with van der Waals surface area (Å²) in [6, 6.07) is 76.2. The first-order valence-electron chi connectivity index (χ1n) is 24.3. The van der Waals surface area contributed by atoms with Crippen LogP contribution in [-0.4, -0.2) is 9.13 Å². The van der Waals surface area contributed by atoms with Crippen LogP contribution in [0.4, 0.5) is 0 Å². The number of benzene rings is 11. The maximum Gasteiger partial charge on any atom is 0.131 e. The number of rotatable bonds is 5. The summed E-state index contributed by atoms with van der Waals surface area (Å²) < 4.78 is 12.0. The van der Waals surface area contributed by atoms with Gasteiger partial charge < -0.3 is 13.9 Å². The number of fused-ring (bicyclic) bond motifs is 12. The zero-order chi connectivity index (χ0) is 45.2. The fraction of sp³-hybridized carbons (Fsp3) is 0.0606. The predicted octanol–water partition coefficient (Wildman–Crippen LogP) is 17.4. The number of para-hydroxylation sites is 4. The molecule has 0 spiro atoms. The summed E-state index contributed by atoms with van der Waals surface area (Å²) in [7, 11) is 0. The molecule has 2 aliphatic rings. The van der Waals surface area contributed by atoms with E-state index in [0.717, 1.165) is 37.3 Å². The highest BCUT2D eigenvalue weighted by molar-refractivity contribution is 6.21. The zero-order valence-electron chi connectivity index (χ0n) is 37.9. The molecule has 3 heteroatoms. The van der Waals surface area contributed by atoms with Gasteiger partial charge in [0.1, 0.15) is 11.5 Å². The Morgan fingerprint density at radius 2 is 0.899 bits per heavy atom. The Morgan fingerprint density at radius 3 is 1.52 bits per heavy atom. The zero-order valence-corrected chi connectivity index (χ0v) is 37.9. The summed E-state index contributed by atoms with van der Waals surface area (Å²) in [4.78, 5) is 0. The smallest absolute Gasteiger partial charge is 0.131 e. The normalized spacial score (nSPS) is 13.2. The molecule has 0 unspecified atom stereocenters. The SMILES string of the molecule is C1=Cc2c(c(Cn3c4ccccc4c4ccccc43)c3ccccc3c2-c2ccc3c(c2)Oc2ccc(-c4c5ccccc5c(-n5c6ccccc6c6ccccc65)c5ccccc45)cc2C3)CC1. The van der Waals surface area contributed by atoms with Gasteiger partial charge in [0.25, 0.3) is 0 Å². The lowest BCUT2D eigenvalue weighted by Crippen LogP contribution is -2.09. The second-order valence-electron chi connectivity index (χ2n) is 19.0. The Balaban J connectivity index is 0.840. The van der Waals surface area contributed by atoms with Gasteiger partial charge in [0.15, 0.2) is 0 Å². The van der Waals surface area contributed by atoms with E-state index in [4.69, 9.17) is 4.74 Å². The van der Waals surface area contributed by atoms with Gasteiger partial charge in [0.2, 0.25) is 0 Å². The molecule has 324 valence electrons. The summed E-state index contributed by atoms with van der Waals surface area (Å²) in [6.45, 7) is 0.814. The number of hydrogen-bond acceptors (Lipinski definition) is 1. The van der Waals surface area contributed by atoms with Crippen molar-refractivity contribution in [3.8, 4) is 39.4 Å². The first-order chi connectivity index (χ1) is 34.2. The van der Waals surface area contributed by atoms with Crippen molar-refractivity contribution in [2.75, 3.05) is 0 Å². The first kappa shape index (κ1) is 38.4. The van der Waals surface area contributed by atoms with Crippen molar-refractivity contribution in [3.63, 3.8) is 0 Å². The fourth-order valence-corrected chi connectivity index (χ4v) is 12.4. The highest BCUT2D eigenvalue weighted by Crippen LogP contribution is 2.48. The molecule has 13 aromatic rings. The van der Waals surface area contributed by atoms with Crippen LogP contribution in [0.3, 0.4) is 0 Å². The molecule has 0 saturated heterocycles. The molecular weight excluding hydrogens is 837 g/mol. The summed E-state index contributed by atoms with van der Waals surface area (Å²) in [5, 5.41) is 12.7. The van der Waals surface area contributed by atoms with E-state index in [1.807, 2.05) is 0 Å². The van der Waals surface area contributed by atoms with E-state index >= 15 is 0 Å². The molecule has 0 saturated carbocycles. The minimum absolute atomic E-state index is 0.796. The van der Waals surface area contributed by atoms with E-state index in [-0.39, 0.29) is 0 Å². The van der Waals surface area contributed by atoms with E-state index in [2.05, 4.69) is 228 Å². The van der Waals surface area contributed by atoms with Gasteiger partial charge in [0.05, 0.1) is 16.7 Å². The minimum Gasteiger partial charge on any atom is -0.457 e. The van der Waals surface area contributed by atoms with Crippen molar-refractivity contribution in [1.82, 2.24) is 9.13 Å². The quantitative estimate of drug-likeness (QED) is 0.158. The molecule has 0 bridgehead atoms. The van der Waals surface area contributed by atoms with Crippen LogP contribution in [0.2, 0.25) is 0 Å². The van der Waals surface area contributed by atoms with Crippen LogP contribution in [0, 0.1) is 0 Å². The van der Waals surface area contributed by atoms with E-state index in [9.17, 15) is 0 Å². The molecule has 69 heavy (non-hydrogen) atoms. The van der Waals surface area contributed by atoms with Crippen molar-refractivity contribution in [3.05, 3.63) is 240 Å². The van der Waals surface area contributed by atoms with Gasteiger partial charge in [-0.25, -0.2) is 0 Å². The topological polar surface area (TPSA) is 19.1 Å². The number of ether oxygens (including phenoxy) is 1. The first-order valence-corrected chi connectivity index (χ1v) is 24.3. The van der Waals surface area contributed by atoms with Crippen molar-refractivity contribution in [1.29, 1.82) is 0 Å². The molecule has 0 N–H and O–H groups in total. The molecule has 3 heterocycles. The third kappa shape index (κ3) is 5.68. The van der Waals surface area contributed by atoms with Gasteiger partial charge in [-0.15, -0.1) is 0 Å². The van der Waals surface area contributed by atoms with Gasteiger partial charge in [0, 0.05) is 56.3 Å². The monoisotopic (exact) mass is 880 g/mol. The van der Waals surface area contributed by atoms with E-state index in [0.29, 0.717) is 0 Å². The maximum absolute atomic E-state index is 6.96. The summed E-state index contributed by atoms with van der Waals surface area (Å²) in [5.41, 5.74) is 17.7. The molecule has 0 radical (unpaired) electrons. The third-order valence-corrected chi connectivity index (χ3v) is 15.3. The molecule has 15 rings (SSSR count). The molecule has 1 aliphatic heterocycles. The van der Waals surface area contributed by atoms with Gasteiger partial charge in [-0.1, -0.05) is 176 Å². The molecule has 1 aliphatic carbocycles. The van der Waals surface area contributed by atoms with Crippen LogP contribution < -0.4 is 4.74 Å². The van der Waals surface area contributed by atoms with E-state index in [1.165, 1.54) is 132 Å². The lowest BCUT2D eigenvalue weighted by molar-refractivity contribution is 0.460. The van der Waals surface area contributed by atoms with Gasteiger partial charge in [-0.3, -0.25) is 0 Å². The van der Waals surface area contributed by atoms with Crippen LogP contribution in [0.1, 0.15) is 34.2 Å². The van der Waals surface area contributed by atoms with Gasteiger partial charge >= 0.3 is 0 Å². The van der Waals surface area contributed by atoms with Crippen LogP contribution in [-0.2, 0) is 19.4 Å². The van der Waals surface area contributed by atoms with Crippen LogP contribution in [0.5, 0.6) is 11.5 Å². The minimum atomic E-state index is 0.796. The van der Waals surface area contributed by atoms with E-state index in [1.54, 1.807) is 0 Å². The Kier molecular flexibility index (Phi) is 8.31. The Hall–Kier alpha value is -8.66. The molecule has 11 aromatic carbocycles.